The molecule has 2 rings (SSSR count). The number of rotatable bonds is 4. The zero-order chi connectivity index (χ0) is 14.2. The number of carbonyl (C=O) groups excluding carboxylic acids is 1. The average Bonchev–Trinajstić information content (AvgIpc) is 2.99. The highest BCUT2D eigenvalue weighted by molar-refractivity contribution is 5.96. The van der Waals surface area contributed by atoms with Gasteiger partial charge in [-0.05, 0) is 30.9 Å². The highest BCUT2D eigenvalue weighted by atomic mass is 16.2. The number of benzene rings is 1. The molecule has 0 heterocycles. The van der Waals surface area contributed by atoms with Crippen molar-refractivity contribution in [1.82, 2.24) is 5.32 Å². The fraction of sp³-hybridized carbons (Fsp3) is 0.471. The molecule has 106 valence electrons. The lowest BCUT2D eigenvalue weighted by Gasteiger charge is -2.11. The largest absolute Gasteiger partial charge is 0.395 e. The van der Waals surface area contributed by atoms with E-state index in [0.29, 0.717) is 17.9 Å². The number of hydrogen-bond donors (Lipinski definition) is 2. The van der Waals surface area contributed by atoms with Crippen LogP contribution in [-0.4, -0.2) is 24.2 Å². The molecule has 2 N–H and O–H groups in total. The van der Waals surface area contributed by atoms with Gasteiger partial charge in [0.05, 0.1) is 12.2 Å². The Morgan fingerprint density at radius 3 is 2.80 bits per heavy atom. The summed E-state index contributed by atoms with van der Waals surface area (Å²) in [7, 11) is 0. The van der Waals surface area contributed by atoms with Gasteiger partial charge in [0.1, 0.15) is 0 Å². The van der Waals surface area contributed by atoms with Crippen molar-refractivity contribution in [2.45, 2.75) is 32.1 Å². The fourth-order valence-electron chi connectivity index (χ4n) is 2.55. The Morgan fingerprint density at radius 2 is 2.05 bits per heavy atom. The SMILES string of the molecule is O=C(NCC1CCCC1)c1ccccc1C#CCCO. The molecule has 0 aromatic heterocycles. The molecule has 0 aliphatic heterocycles. The van der Waals surface area contributed by atoms with Crippen molar-refractivity contribution >= 4 is 5.91 Å². The molecule has 1 amide bonds. The standard InChI is InChI=1S/C17H21NO2/c19-12-6-5-10-15-9-3-4-11-16(15)17(20)18-13-14-7-1-2-8-14/h3-4,9,11,14,19H,1-2,6-8,12-13H2,(H,18,20). The van der Waals surface area contributed by atoms with Crippen molar-refractivity contribution in [2.24, 2.45) is 5.92 Å². The van der Waals surface area contributed by atoms with Crippen LogP contribution >= 0.6 is 0 Å². The van der Waals surface area contributed by atoms with E-state index in [-0.39, 0.29) is 12.5 Å². The maximum atomic E-state index is 12.2. The van der Waals surface area contributed by atoms with Crippen LogP contribution in [0.1, 0.15) is 48.0 Å². The normalized spacial score (nSPS) is 14.7. The molecule has 1 aliphatic carbocycles. The van der Waals surface area contributed by atoms with Crippen LogP contribution in [0.3, 0.4) is 0 Å². The van der Waals surface area contributed by atoms with Gasteiger partial charge in [-0.3, -0.25) is 4.79 Å². The predicted octanol–water partition coefficient (Wildman–Crippen LogP) is 2.34. The van der Waals surface area contributed by atoms with Crippen LogP contribution < -0.4 is 5.32 Å². The van der Waals surface area contributed by atoms with Gasteiger partial charge >= 0.3 is 0 Å². The molecule has 1 aromatic carbocycles. The molecule has 1 aromatic rings. The van der Waals surface area contributed by atoms with E-state index in [1.807, 2.05) is 18.2 Å². The van der Waals surface area contributed by atoms with Gasteiger partial charge in [0.15, 0.2) is 0 Å². The van der Waals surface area contributed by atoms with Crippen LogP contribution in [0.25, 0.3) is 0 Å². The zero-order valence-electron chi connectivity index (χ0n) is 11.7. The molecular formula is C17H21NO2. The van der Waals surface area contributed by atoms with Crippen molar-refractivity contribution in [1.29, 1.82) is 0 Å². The number of aliphatic hydroxyl groups excluding tert-OH is 1. The number of amides is 1. The Morgan fingerprint density at radius 1 is 1.30 bits per heavy atom. The number of carbonyl (C=O) groups is 1. The minimum atomic E-state index is -0.0502. The Hall–Kier alpha value is -1.79. The van der Waals surface area contributed by atoms with Crippen LogP contribution in [0.5, 0.6) is 0 Å². The summed E-state index contributed by atoms with van der Waals surface area (Å²) in [5.74, 6) is 6.40. The van der Waals surface area contributed by atoms with E-state index in [1.54, 1.807) is 6.07 Å². The maximum Gasteiger partial charge on any atom is 0.252 e. The van der Waals surface area contributed by atoms with Gasteiger partial charge in [0.25, 0.3) is 5.91 Å². The van der Waals surface area contributed by atoms with E-state index in [2.05, 4.69) is 17.2 Å². The third kappa shape index (κ3) is 4.11. The Kier molecular flexibility index (Phi) is 5.64. The Balaban J connectivity index is 1.99. The maximum absolute atomic E-state index is 12.2. The first-order valence-electron chi connectivity index (χ1n) is 7.28. The smallest absolute Gasteiger partial charge is 0.252 e. The summed E-state index contributed by atoms with van der Waals surface area (Å²) in [5, 5.41) is 11.8. The van der Waals surface area contributed by atoms with Crippen molar-refractivity contribution in [3.8, 4) is 11.8 Å². The lowest BCUT2D eigenvalue weighted by atomic mass is 10.1. The second-order valence-electron chi connectivity index (χ2n) is 5.18. The number of hydrogen-bond acceptors (Lipinski definition) is 2. The van der Waals surface area contributed by atoms with Crippen molar-refractivity contribution in [3.63, 3.8) is 0 Å². The topological polar surface area (TPSA) is 49.3 Å². The second kappa shape index (κ2) is 7.72. The molecule has 0 saturated heterocycles. The lowest BCUT2D eigenvalue weighted by Crippen LogP contribution is -2.28. The fourth-order valence-corrected chi connectivity index (χ4v) is 2.55. The molecule has 20 heavy (non-hydrogen) atoms. The number of aliphatic hydroxyl groups is 1. The lowest BCUT2D eigenvalue weighted by molar-refractivity contribution is 0.0947. The first-order chi connectivity index (χ1) is 9.81. The van der Waals surface area contributed by atoms with Gasteiger partial charge in [-0.25, -0.2) is 0 Å². The molecular weight excluding hydrogens is 250 g/mol. The van der Waals surface area contributed by atoms with Crippen LogP contribution in [0.2, 0.25) is 0 Å². The molecule has 0 unspecified atom stereocenters. The first-order valence-corrected chi connectivity index (χ1v) is 7.28. The summed E-state index contributed by atoms with van der Waals surface area (Å²) in [5.41, 5.74) is 1.35. The van der Waals surface area contributed by atoms with Gasteiger partial charge in [-0.1, -0.05) is 36.8 Å². The molecule has 0 atom stereocenters. The van der Waals surface area contributed by atoms with Gasteiger partial charge < -0.3 is 10.4 Å². The first kappa shape index (κ1) is 14.6. The Labute approximate surface area is 120 Å². The van der Waals surface area contributed by atoms with Crippen LogP contribution in [0.15, 0.2) is 24.3 Å². The van der Waals surface area contributed by atoms with Gasteiger partial charge in [0, 0.05) is 18.5 Å². The minimum Gasteiger partial charge on any atom is -0.395 e. The van der Waals surface area contributed by atoms with Gasteiger partial charge in [0.2, 0.25) is 0 Å². The molecule has 3 nitrogen and oxygen atoms in total. The predicted molar refractivity (Wildman–Crippen MR) is 79.3 cm³/mol. The monoisotopic (exact) mass is 271 g/mol. The molecule has 1 saturated carbocycles. The minimum absolute atomic E-state index is 0.0447. The van der Waals surface area contributed by atoms with Crippen LogP contribution in [0, 0.1) is 17.8 Å². The molecule has 0 radical (unpaired) electrons. The highest BCUT2D eigenvalue weighted by Crippen LogP contribution is 2.23. The van der Waals surface area contributed by atoms with Crippen LogP contribution in [0.4, 0.5) is 0 Å². The number of nitrogens with one attached hydrogen (secondary N) is 1. The Bertz CT molecular complexity index is 507. The zero-order valence-corrected chi connectivity index (χ0v) is 11.7. The van der Waals surface area contributed by atoms with Gasteiger partial charge in [-0.2, -0.15) is 0 Å². The summed E-state index contributed by atoms with van der Waals surface area (Å²) < 4.78 is 0. The quantitative estimate of drug-likeness (QED) is 0.826. The molecule has 3 heteroatoms. The summed E-state index contributed by atoms with van der Waals surface area (Å²) in [4.78, 5) is 12.2. The summed E-state index contributed by atoms with van der Waals surface area (Å²) in [6, 6.07) is 7.36. The molecule has 1 aliphatic rings. The summed E-state index contributed by atoms with van der Waals surface area (Å²) in [6.45, 7) is 0.806. The molecule has 0 bridgehead atoms. The van der Waals surface area contributed by atoms with E-state index in [9.17, 15) is 4.79 Å². The van der Waals surface area contributed by atoms with E-state index < -0.39 is 0 Å². The molecule has 1 fully saturated rings. The third-order valence-corrected chi connectivity index (χ3v) is 3.66. The highest BCUT2D eigenvalue weighted by Gasteiger charge is 2.16. The second-order valence-corrected chi connectivity index (χ2v) is 5.18. The van der Waals surface area contributed by atoms with Gasteiger partial charge in [-0.15, -0.1) is 0 Å². The third-order valence-electron chi connectivity index (χ3n) is 3.66. The average molecular weight is 271 g/mol. The summed E-state index contributed by atoms with van der Waals surface area (Å²) >= 11 is 0. The summed E-state index contributed by atoms with van der Waals surface area (Å²) in [6.07, 6.45) is 5.43. The van der Waals surface area contributed by atoms with E-state index in [1.165, 1.54) is 25.7 Å². The molecule has 0 spiro atoms. The van der Waals surface area contributed by atoms with Crippen molar-refractivity contribution < 1.29 is 9.90 Å². The van der Waals surface area contributed by atoms with E-state index in [4.69, 9.17) is 5.11 Å². The van der Waals surface area contributed by atoms with E-state index >= 15 is 0 Å². The van der Waals surface area contributed by atoms with E-state index in [0.717, 1.165) is 12.1 Å². The van der Waals surface area contributed by atoms with Crippen molar-refractivity contribution in [3.05, 3.63) is 35.4 Å². The van der Waals surface area contributed by atoms with Crippen molar-refractivity contribution in [2.75, 3.05) is 13.2 Å². The van der Waals surface area contributed by atoms with Crippen LogP contribution in [-0.2, 0) is 0 Å².